The lowest BCUT2D eigenvalue weighted by atomic mass is 9.75. The molecule has 6 heteroatoms. The molecule has 4 rings (SSSR count). The maximum atomic E-state index is 13.0. The van der Waals surface area contributed by atoms with Gasteiger partial charge in [0.25, 0.3) is 5.91 Å². The molecule has 0 radical (unpaired) electrons. The van der Waals surface area contributed by atoms with Crippen LogP contribution in [0.4, 0.5) is 0 Å². The number of benzene rings is 2. The number of carbonyl (C=O) groups excluding carboxylic acids is 2. The third-order valence-corrected chi connectivity index (χ3v) is 6.68. The molecule has 1 heterocycles. The van der Waals surface area contributed by atoms with E-state index >= 15 is 0 Å². The van der Waals surface area contributed by atoms with Gasteiger partial charge in [0.1, 0.15) is 0 Å². The van der Waals surface area contributed by atoms with Crippen LogP contribution in [-0.2, 0) is 17.9 Å². The molecule has 1 aromatic heterocycles. The van der Waals surface area contributed by atoms with Crippen molar-refractivity contribution in [3.05, 3.63) is 77.5 Å². The number of rotatable bonds is 7. The van der Waals surface area contributed by atoms with E-state index in [0.29, 0.717) is 24.3 Å². The monoisotopic (exact) mass is 444 g/mol. The molecule has 0 bridgehead atoms. The van der Waals surface area contributed by atoms with Crippen LogP contribution in [0.1, 0.15) is 60.5 Å². The SMILES string of the molecule is CN(Cc1ccccc1)C(=O)c1cn[nH]c1-c1ccc(CNC(=O)C2(C)CCCCC2)cc1. The Balaban J connectivity index is 1.40. The van der Waals surface area contributed by atoms with E-state index in [1.54, 1.807) is 18.1 Å². The summed E-state index contributed by atoms with van der Waals surface area (Å²) in [5, 5.41) is 10.2. The van der Waals surface area contributed by atoms with Crippen LogP contribution >= 0.6 is 0 Å². The van der Waals surface area contributed by atoms with Gasteiger partial charge >= 0.3 is 0 Å². The molecule has 1 fully saturated rings. The number of hydrogen-bond acceptors (Lipinski definition) is 3. The lowest BCUT2D eigenvalue weighted by Gasteiger charge is -2.32. The number of hydrogen-bond donors (Lipinski definition) is 2. The fraction of sp³-hybridized carbons (Fsp3) is 0.370. The minimum atomic E-state index is -0.241. The Morgan fingerprint density at radius 2 is 1.70 bits per heavy atom. The molecule has 1 saturated carbocycles. The highest BCUT2D eigenvalue weighted by molar-refractivity contribution is 5.99. The molecule has 172 valence electrons. The van der Waals surface area contributed by atoms with E-state index in [4.69, 9.17) is 0 Å². The molecule has 2 N–H and O–H groups in total. The molecule has 33 heavy (non-hydrogen) atoms. The van der Waals surface area contributed by atoms with Crippen molar-refractivity contribution in [1.29, 1.82) is 0 Å². The zero-order valence-electron chi connectivity index (χ0n) is 19.4. The summed E-state index contributed by atoms with van der Waals surface area (Å²) in [6.45, 7) is 3.11. The lowest BCUT2D eigenvalue weighted by Crippen LogP contribution is -2.39. The Morgan fingerprint density at radius 1 is 1.00 bits per heavy atom. The van der Waals surface area contributed by atoms with Crippen LogP contribution in [0.25, 0.3) is 11.3 Å². The summed E-state index contributed by atoms with van der Waals surface area (Å²) in [6.07, 6.45) is 7.00. The Hall–Kier alpha value is -3.41. The quantitative estimate of drug-likeness (QED) is 0.542. The van der Waals surface area contributed by atoms with Crippen LogP contribution in [0.2, 0.25) is 0 Å². The first-order chi connectivity index (χ1) is 16.0. The predicted octanol–water partition coefficient (Wildman–Crippen LogP) is 4.94. The molecule has 3 aromatic rings. The van der Waals surface area contributed by atoms with Crippen molar-refractivity contribution >= 4 is 11.8 Å². The summed E-state index contributed by atoms with van der Waals surface area (Å²) in [5.41, 5.74) is 3.99. The molecule has 2 amide bonds. The van der Waals surface area contributed by atoms with E-state index in [1.807, 2.05) is 54.6 Å². The largest absolute Gasteiger partial charge is 0.352 e. The average molecular weight is 445 g/mol. The maximum absolute atomic E-state index is 13.0. The van der Waals surface area contributed by atoms with Gasteiger partial charge in [0, 0.05) is 31.1 Å². The van der Waals surface area contributed by atoms with Gasteiger partial charge in [0.15, 0.2) is 0 Å². The Morgan fingerprint density at radius 3 is 2.39 bits per heavy atom. The highest BCUT2D eigenvalue weighted by Crippen LogP contribution is 2.36. The van der Waals surface area contributed by atoms with Crippen molar-refractivity contribution in [3.63, 3.8) is 0 Å². The molecule has 1 aliphatic carbocycles. The van der Waals surface area contributed by atoms with Crippen molar-refractivity contribution in [2.45, 2.75) is 52.1 Å². The number of aromatic amines is 1. The summed E-state index contributed by atoms with van der Waals surface area (Å²) in [4.78, 5) is 27.4. The van der Waals surface area contributed by atoms with E-state index in [9.17, 15) is 9.59 Å². The Kier molecular flexibility index (Phi) is 6.92. The van der Waals surface area contributed by atoms with E-state index in [0.717, 1.165) is 42.4 Å². The van der Waals surface area contributed by atoms with Crippen molar-refractivity contribution in [3.8, 4) is 11.3 Å². The van der Waals surface area contributed by atoms with Gasteiger partial charge in [-0.3, -0.25) is 14.7 Å². The summed E-state index contributed by atoms with van der Waals surface area (Å²) < 4.78 is 0. The molecule has 6 nitrogen and oxygen atoms in total. The second-order valence-corrected chi connectivity index (χ2v) is 9.31. The minimum absolute atomic E-state index is 0.0836. The summed E-state index contributed by atoms with van der Waals surface area (Å²) >= 11 is 0. The van der Waals surface area contributed by atoms with Gasteiger partial charge in [-0.25, -0.2) is 0 Å². The number of carbonyl (C=O) groups is 2. The van der Waals surface area contributed by atoms with E-state index < -0.39 is 0 Å². The van der Waals surface area contributed by atoms with Gasteiger partial charge in [0.2, 0.25) is 5.91 Å². The van der Waals surface area contributed by atoms with Gasteiger partial charge in [-0.2, -0.15) is 5.10 Å². The average Bonchev–Trinajstić information content (AvgIpc) is 3.33. The summed E-state index contributed by atoms with van der Waals surface area (Å²) in [7, 11) is 1.80. The lowest BCUT2D eigenvalue weighted by molar-refractivity contribution is -0.132. The third kappa shape index (κ3) is 5.33. The van der Waals surface area contributed by atoms with Crippen molar-refractivity contribution in [2.24, 2.45) is 5.41 Å². The van der Waals surface area contributed by atoms with Gasteiger partial charge in [-0.1, -0.05) is 80.8 Å². The number of H-pyrrole nitrogens is 1. The van der Waals surface area contributed by atoms with E-state index in [2.05, 4.69) is 22.4 Å². The molecule has 0 aliphatic heterocycles. The number of amides is 2. The molecule has 0 spiro atoms. The molecule has 0 saturated heterocycles. The predicted molar refractivity (Wildman–Crippen MR) is 129 cm³/mol. The van der Waals surface area contributed by atoms with Crippen LogP contribution < -0.4 is 5.32 Å². The second-order valence-electron chi connectivity index (χ2n) is 9.31. The smallest absolute Gasteiger partial charge is 0.257 e. The highest BCUT2D eigenvalue weighted by atomic mass is 16.2. The molecule has 0 atom stereocenters. The topological polar surface area (TPSA) is 78.1 Å². The van der Waals surface area contributed by atoms with Crippen LogP contribution in [0.5, 0.6) is 0 Å². The van der Waals surface area contributed by atoms with Gasteiger partial charge in [0.05, 0.1) is 17.5 Å². The van der Waals surface area contributed by atoms with Crippen molar-refractivity contribution in [1.82, 2.24) is 20.4 Å². The van der Waals surface area contributed by atoms with Crippen LogP contribution in [-0.4, -0.2) is 34.0 Å². The standard InChI is InChI=1S/C27H32N4O2/c1-27(15-7-4-8-16-27)26(33)28-17-20-11-13-22(14-12-20)24-23(18-29-30-24)25(32)31(2)19-21-9-5-3-6-10-21/h3,5-6,9-14,18H,4,7-8,15-17,19H2,1-2H3,(H,28,33)(H,29,30). The van der Waals surface area contributed by atoms with Gasteiger partial charge in [-0.15, -0.1) is 0 Å². The van der Waals surface area contributed by atoms with Crippen molar-refractivity contribution in [2.75, 3.05) is 7.05 Å². The maximum Gasteiger partial charge on any atom is 0.257 e. The Bertz CT molecular complexity index is 1080. The number of nitrogens with one attached hydrogen (secondary N) is 2. The number of aromatic nitrogens is 2. The van der Waals surface area contributed by atoms with Gasteiger partial charge < -0.3 is 10.2 Å². The van der Waals surface area contributed by atoms with Gasteiger partial charge in [-0.05, 0) is 24.0 Å². The molecule has 1 aliphatic rings. The molecular formula is C27H32N4O2. The Labute approximate surface area is 195 Å². The first kappa shape index (κ1) is 22.8. The molecular weight excluding hydrogens is 412 g/mol. The summed E-state index contributed by atoms with van der Waals surface area (Å²) in [5.74, 6) is 0.0637. The summed E-state index contributed by atoms with van der Waals surface area (Å²) in [6, 6.07) is 17.8. The van der Waals surface area contributed by atoms with E-state index in [-0.39, 0.29) is 17.2 Å². The fourth-order valence-corrected chi connectivity index (χ4v) is 4.55. The van der Waals surface area contributed by atoms with Crippen LogP contribution in [0.3, 0.4) is 0 Å². The minimum Gasteiger partial charge on any atom is -0.352 e. The van der Waals surface area contributed by atoms with Crippen LogP contribution in [0, 0.1) is 5.41 Å². The fourth-order valence-electron chi connectivity index (χ4n) is 4.55. The first-order valence-electron chi connectivity index (χ1n) is 11.7. The third-order valence-electron chi connectivity index (χ3n) is 6.68. The zero-order valence-corrected chi connectivity index (χ0v) is 19.4. The molecule has 2 aromatic carbocycles. The van der Waals surface area contributed by atoms with E-state index in [1.165, 1.54) is 6.42 Å². The number of nitrogens with zero attached hydrogens (tertiary/aromatic N) is 2. The normalized spacial score (nSPS) is 15.1. The second kappa shape index (κ2) is 10.0. The van der Waals surface area contributed by atoms with Crippen LogP contribution in [0.15, 0.2) is 60.8 Å². The first-order valence-corrected chi connectivity index (χ1v) is 11.7. The molecule has 0 unspecified atom stereocenters. The highest BCUT2D eigenvalue weighted by Gasteiger charge is 2.34. The zero-order chi connectivity index (χ0) is 23.3. The van der Waals surface area contributed by atoms with Crippen molar-refractivity contribution < 1.29 is 9.59 Å².